The summed E-state index contributed by atoms with van der Waals surface area (Å²) in [5.41, 5.74) is 4.06. The summed E-state index contributed by atoms with van der Waals surface area (Å²) in [6.45, 7) is 7.32. The largest absolute Gasteiger partial charge is 0.431 e. The molecule has 0 spiro atoms. The second kappa shape index (κ2) is 9.02. The van der Waals surface area contributed by atoms with Crippen LogP contribution in [0.3, 0.4) is 0 Å². The van der Waals surface area contributed by atoms with Crippen LogP contribution >= 0.6 is 0 Å². The van der Waals surface area contributed by atoms with E-state index in [4.69, 9.17) is 10.5 Å². The van der Waals surface area contributed by atoms with Gasteiger partial charge in [-0.15, -0.1) is 0 Å². The lowest BCUT2D eigenvalue weighted by Gasteiger charge is -2.17. The van der Waals surface area contributed by atoms with E-state index >= 15 is 0 Å². The van der Waals surface area contributed by atoms with Gasteiger partial charge in [0.1, 0.15) is 18.1 Å². The normalized spacial score (nSPS) is 12.3. The maximum atomic E-state index is 13.3. The number of nitrogens with zero attached hydrogens (tertiary/aromatic N) is 3. The number of benzene rings is 1. The Morgan fingerprint density at radius 1 is 1.24 bits per heavy atom. The van der Waals surface area contributed by atoms with Gasteiger partial charge in [-0.1, -0.05) is 19.6 Å². The molecule has 0 saturated carbocycles. The number of carbonyl (C=O) groups excluding carboxylic acids is 1. The molecule has 0 saturated heterocycles. The maximum Gasteiger partial charge on any atom is 0.431 e. The van der Waals surface area contributed by atoms with Crippen LogP contribution in [0.15, 0.2) is 35.3 Å². The van der Waals surface area contributed by atoms with E-state index in [-0.39, 0.29) is 29.3 Å². The van der Waals surface area contributed by atoms with Gasteiger partial charge >= 0.3 is 6.18 Å². The third-order valence-electron chi connectivity index (χ3n) is 5.06. The number of nitrogens with one attached hydrogen (secondary N) is 1. The van der Waals surface area contributed by atoms with Gasteiger partial charge in [-0.05, 0) is 24.2 Å². The summed E-state index contributed by atoms with van der Waals surface area (Å²) >= 11 is 0. The number of carbonyl (C=O) groups is 1. The molecule has 3 N–H and O–H groups in total. The lowest BCUT2D eigenvalue weighted by Crippen LogP contribution is -2.22. The molecule has 0 atom stereocenters. The summed E-state index contributed by atoms with van der Waals surface area (Å²) < 4.78 is 48.1. The van der Waals surface area contributed by atoms with Crippen molar-refractivity contribution < 1.29 is 22.7 Å². The Hall–Kier alpha value is -3.12. The van der Waals surface area contributed by atoms with Crippen LogP contribution in [-0.2, 0) is 24.7 Å². The second-order valence-electron chi connectivity index (χ2n) is 8.94. The first-order valence-electron chi connectivity index (χ1n) is 10.2. The highest BCUT2D eigenvalue weighted by Gasteiger charge is 2.34. The summed E-state index contributed by atoms with van der Waals surface area (Å²) in [4.78, 5) is 28.0. The predicted octanol–water partition coefficient (Wildman–Crippen LogP) is 3.91. The zero-order chi connectivity index (χ0) is 24.6. The zero-order valence-electron chi connectivity index (χ0n) is 18.8. The Kier molecular flexibility index (Phi) is 6.70. The van der Waals surface area contributed by atoms with Crippen LogP contribution in [0, 0.1) is 0 Å². The van der Waals surface area contributed by atoms with Crippen molar-refractivity contribution in [2.24, 2.45) is 12.8 Å². The summed E-state index contributed by atoms with van der Waals surface area (Å²) in [5.74, 6) is -0.497. The van der Waals surface area contributed by atoms with Crippen molar-refractivity contribution in [3.05, 3.63) is 52.1 Å². The van der Waals surface area contributed by atoms with Gasteiger partial charge in [-0.2, -0.15) is 13.2 Å². The lowest BCUT2D eigenvalue weighted by atomic mass is 10.1. The van der Waals surface area contributed by atoms with E-state index < -0.39 is 31.3 Å². The Labute approximate surface area is 189 Å². The van der Waals surface area contributed by atoms with Crippen molar-refractivity contribution in [3.63, 3.8) is 0 Å². The minimum atomic E-state index is -4.68. The highest BCUT2D eigenvalue weighted by atomic mass is 28.3. The van der Waals surface area contributed by atoms with Crippen molar-refractivity contribution in [2.75, 3.05) is 11.9 Å². The minimum absolute atomic E-state index is 0.0128. The number of ether oxygens (including phenoxy) is 1. The fourth-order valence-electron chi connectivity index (χ4n) is 3.20. The van der Waals surface area contributed by atoms with E-state index in [2.05, 4.69) is 29.9 Å². The molecule has 2 heterocycles. The first-order valence-corrected chi connectivity index (χ1v) is 13.9. The van der Waals surface area contributed by atoms with E-state index in [0.29, 0.717) is 18.4 Å². The van der Waals surface area contributed by atoms with Crippen molar-refractivity contribution in [1.82, 2.24) is 14.1 Å². The van der Waals surface area contributed by atoms with E-state index in [1.807, 2.05) is 0 Å². The fourth-order valence-corrected chi connectivity index (χ4v) is 3.96. The third-order valence-corrected chi connectivity index (χ3v) is 6.76. The number of nitrogens with two attached hydrogens (primary N) is 1. The molecule has 0 unspecified atom stereocenters. The molecule has 1 aromatic carbocycles. The smallest absolute Gasteiger partial charge is 0.364 e. The van der Waals surface area contributed by atoms with Gasteiger partial charge in [0, 0.05) is 45.1 Å². The number of imidazole rings is 1. The number of hydrogen-bond acceptors (Lipinski definition) is 5. The molecule has 0 aliphatic heterocycles. The van der Waals surface area contributed by atoms with E-state index in [1.165, 1.54) is 25.4 Å². The van der Waals surface area contributed by atoms with Crippen molar-refractivity contribution in [2.45, 2.75) is 38.6 Å². The van der Waals surface area contributed by atoms with Crippen LogP contribution in [0.5, 0.6) is 0 Å². The summed E-state index contributed by atoms with van der Waals surface area (Å²) in [7, 11) is -0.0416. The maximum absolute atomic E-state index is 13.3. The van der Waals surface area contributed by atoms with Crippen LogP contribution in [0.4, 0.5) is 24.8 Å². The Bertz CT molecular complexity index is 1240. The minimum Gasteiger partial charge on any atom is -0.364 e. The molecule has 0 radical (unpaired) electrons. The topological polar surface area (TPSA) is 104 Å². The molecule has 0 bridgehead atoms. The van der Waals surface area contributed by atoms with Crippen LogP contribution in [0.2, 0.25) is 25.7 Å². The standard InChI is InChI=1S/C21H26F3N5O3Si/c1-28-16-9-13(5-6-14(16)17(30)10-18(28)21(22,23)24)26-20-27-15(19(25)31)11-29(20)12-32-7-8-33(2,3)4/h5-6,9-11H,7-8,12H2,1-4H3,(H2,25,31)(H,26,27). The van der Waals surface area contributed by atoms with Crippen LogP contribution in [0.1, 0.15) is 16.2 Å². The Balaban J connectivity index is 1.93. The number of hydrogen-bond donors (Lipinski definition) is 2. The van der Waals surface area contributed by atoms with Crippen LogP contribution < -0.4 is 16.5 Å². The average Bonchev–Trinajstić information content (AvgIpc) is 3.09. The fraction of sp³-hybridized carbons (Fsp3) is 0.381. The molecule has 2 aromatic heterocycles. The number of anilines is 2. The monoisotopic (exact) mass is 481 g/mol. The molecule has 8 nitrogen and oxygen atoms in total. The summed E-state index contributed by atoms with van der Waals surface area (Å²) in [6.07, 6.45) is -3.23. The summed E-state index contributed by atoms with van der Waals surface area (Å²) in [6, 6.07) is 5.94. The molecular weight excluding hydrogens is 455 g/mol. The van der Waals surface area contributed by atoms with Gasteiger partial charge in [0.05, 0.1) is 5.52 Å². The quantitative estimate of drug-likeness (QED) is 0.375. The molecule has 0 aliphatic carbocycles. The van der Waals surface area contributed by atoms with Crippen molar-refractivity contribution in [3.8, 4) is 0 Å². The molecule has 178 valence electrons. The van der Waals surface area contributed by atoms with Gasteiger partial charge in [0.2, 0.25) is 5.95 Å². The molecule has 33 heavy (non-hydrogen) atoms. The Morgan fingerprint density at radius 2 is 1.94 bits per heavy atom. The van der Waals surface area contributed by atoms with Gasteiger partial charge < -0.3 is 20.4 Å². The van der Waals surface area contributed by atoms with E-state index in [0.717, 1.165) is 10.6 Å². The predicted molar refractivity (Wildman–Crippen MR) is 122 cm³/mol. The number of amides is 1. The SMILES string of the molecule is Cn1c(C(F)(F)F)cc(=O)c2ccc(Nc3nc(C(N)=O)cn3COCC[Si](C)(C)C)cc21. The number of pyridine rings is 1. The molecule has 12 heteroatoms. The highest BCUT2D eigenvalue weighted by Crippen LogP contribution is 2.30. The summed E-state index contributed by atoms with van der Waals surface area (Å²) in [5, 5.41) is 3.12. The molecule has 1 amide bonds. The van der Waals surface area contributed by atoms with Crippen LogP contribution in [-0.4, -0.2) is 34.7 Å². The zero-order valence-corrected chi connectivity index (χ0v) is 19.8. The van der Waals surface area contributed by atoms with Gasteiger partial charge in [-0.25, -0.2) is 4.98 Å². The molecule has 0 fully saturated rings. The van der Waals surface area contributed by atoms with Crippen LogP contribution in [0.25, 0.3) is 10.9 Å². The number of halogens is 3. The van der Waals surface area contributed by atoms with E-state index in [9.17, 15) is 22.8 Å². The molecule has 0 aliphatic rings. The average molecular weight is 482 g/mol. The number of aryl methyl sites for hydroxylation is 1. The highest BCUT2D eigenvalue weighted by molar-refractivity contribution is 6.76. The number of primary amides is 1. The molecule has 3 aromatic rings. The second-order valence-corrected chi connectivity index (χ2v) is 14.6. The molecule has 3 rings (SSSR count). The van der Waals surface area contributed by atoms with Crippen molar-refractivity contribution in [1.29, 1.82) is 0 Å². The van der Waals surface area contributed by atoms with Gasteiger partial charge in [-0.3, -0.25) is 14.2 Å². The van der Waals surface area contributed by atoms with Gasteiger partial charge in [0.25, 0.3) is 5.91 Å². The van der Waals surface area contributed by atoms with Gasteiger partial charge in [0.15, 0.2) is 5.43 Å². The number of aromatic nitrogens is 3. The number of fused-ring (bicyclic) bond motifs is 1. The first kappa shape index (κ1) is 24.5. The molecular formula is C21H26F3N5O3Si. The Morgan fingerprint density at radius 3 is 2.55 bits per heavy atom. The lowest BCUT2D eigenvalue weighted by molar-refractivity contribution is -0.143. The van der Waals surface area contributed by atoms with Crippen molar-refractivity contribution >= 4 is 36.5 Å². The first-order chi connectivity index (χ1) is 15.3. The third kappa shape index (κ3) is 5.82. The van der Waals surface area contributed by atoms with E-state index in [1.54, 1.807) is 10.6 Å². The number of rotatable bonds is 8. The number of alkyl halides is 3.